The van der Waals surface area contributed by atoms with Crippen LogP contribution in [-0.2, 0) is 4.79 Å². The molecule has 0 bridgehead atoms. The zero-order chi connectivity index (χ0) is 20.5. The highest BCUT2D eigenvalue weighted by Crippen LogP contribution is 2.22. The number of ether oxygens (including phenoxy) is 1. The lowest BCUT2D eigenvalue weighted by Crippen LogP contribution is -2.33. The molecule has 0 spiro atoms. The molecule has 1 unspecified atom stereocenters. The average Bonchev–Trinajstić information content (AvgIpc) is 2.72. The van der Waals surface area contributed by atoms with Crippen molar-refractivity contribution in [2.75, 3.05) is 13.2 Å². The van der Waals surface area contributed by atoms with Gasteiger partial charge < -0.3 is 9.64 Å². The highest BCUT2D eigenvalue weighted by molar-refractivity contribution is 5.94. The third kappa shape index (κ3) is 5.68. The number of amides is 1. The first-order chi connectivity index (χ1) is 13.5. The van der Waals surface area contributed by atoms with Crippen LogP contribution < -0.4 is 4.74 Å². The van der Waals surface area contributed by atoms with Crippen LogP contribution in [0.3, 0.4) is 0 Å². The van der Waals surface area contributed by atoms with Gasteiger partial charge in [-0.3, -0.25) is 9.59 Å². The van der Waals surface area contributed by atoms with Crippen molar-refractivity contribution in [1.29, 1.82) is 5.26 Å². The summed E-state index contributed by atoms with van der Waals surface area (Å²) >= 11 is 0. The maximum absolute atomic E-state index is 12.6. The van der Waals surface area contributed by atoms with Crippen LogP contribution in [-0.4, -0.2) is 29.7 Å². The molecule has 0 aliphatic carbocycles. The molecular formula is C23H26N2O3. The monoisotopic (exact) mass is 378 g/mol. The summed E-state index contributed by atoms with van der Waals surface area (Å²) in [6.45, 7) is 6.54. The predicted octanol–water partition coefficient (Wildman–Crippen LogP) is 4.53. The molecule has 2 aromatic carbocycles. The normalized spacial score (nSPS) is 11.4. The molecule has 5 heteroatoms. The van der Waals surface area contributed by atoms with E-state index in [-0.39, 0.29) is 17.7 Å². The van der Waals surface area contributed by atoms with Crippen LogP contribution in [0.2, 0.25) is 0 Å². The van der Waals surface area contributed by atoms with Crippen LogP contribution in [0.1, 0.15) is 61.1 Å². The molecular weight excluding hydrogens is 352 g/mol. The Hall–Kier alpha value is -3.13. The molecule has 0 saturated heterocycles. The third-order valence-electron chi connectivity index (χ3n) is 4.72. The number of Topliss-reactive ketones (excluding diaryl/α,β-unsaturated/α-hetero) is 1. The molecule has 2 rings (SSSR count). The van der Waals surface area contributed by atoms with E-state index in [9.17, 15) is 9.59 Å². The van der Waals surface area contributed by atoms with Gasteiger partial charge in [-0.2, -0.15) is 5.26 Å². The van der Waals surface area contributed by atoms with Gasteiger partial charge in [0.1, 0.15) is 5.75 Å². The van der Waals surface area contributed by atoms with Crippen LogP contribution in [0.15, 0.2) is 48.5 Å². The van der Waals surface area contributed by atoms with Crippen LogP contribution in [0.25, 0.3) is 0 Å². The van der Waals surface area contributed by atoms with E-state index in [4.69, 9.17) is 10.00 Å². The number of hydrogen-bond donors (Lipinski definition) is 0. The van der Waals surface area contributed by atoms with Crippen molar-refractivity contribution < 1.29 is 14.3 Å². The lowest BCUT2D eigenvalue weighted by Gasteiger charge is -2.28. The van der Waals surface area contributed by atoms with Gasteiger partial charge in [0.25, 0.3) is 0 Å². The number of carbonyl (C=O) groups is 2. The molecule has 1 atom stereocenters. The summed E-state index contributed by atoms with van der Waals surface area (Å²) in [5.74, 6) is 0.791. The molecule has 0 N–H and O–H groups in total. The van der Waals surface area contributed by atoms with Gasteiger partial charge in [0.05, 0.1) is 24.3 Å². The molecule has 0 heterocycles. The second kappa shape index (κ2) is 10.3. The van der Waals surface area contributed by atoms with Crippen LogP contribution >= 0.6 is 0 Å². The predicted molar refractivity (Wildman–Crippen MR) is 108 cm³/mol. The molecule has 2 aromatic rings. The van der Waals surface area contributed by atoms with E-state index >= 15 is 0 Å². The molecule has 0 aliphatic rings. The van der Waals surface area contributed by atoms with Crippen molar-refractivity contribution in [2.45, 2.75) is 39.7 Å². The van der Waals surface area contributed by atoms with Gasteiger partial charge in [-0.25, -0.2) is 0 Å². The highest BCUT2D eigenvalue weighted by atomic mass is 16.5. The molecule has 0 aromatic heterocycles. The second-order valence-corrected chi connectivity index (χ2v) is 6.62. The summed E-state index contributed by atoms with van der Waals surface area (Å²) < 4.78 is 5.66. The maximum atomic E-state index is 12.6. The molecule has 5 nitrogen and oxygen atoms in total. The summed E-state index contributed by atoms with van der Waals surface area (Å²) in [5.41, 5.74) is 2.27. The van der Waals surface area contributed by atoms with Gasteiger partial charge in [-0.1, -0.05) is 12.1 Å². The Morgan fingerprint density at radius 3 is 2.29 bits per heavy atom. The highest BCUT2D eigenvalue weighted by Gasteiger charge is 2.19. The molecule has 0 fully saturated rings. The Morgan fingerprint density at radius 1 is 1.11 bits per heavy atom. The number of carbonyl (C=O) groups excluding carboxylic acids is 2. The Kier molecular flexibility index (Phi) is 7.76. The first kappa shape index (κ1) is 21.2. The number of ketones is 1. The fraction of sp³-hybridized carbons (Fsp3) is 0.348. The Bertz CT molecular complexity index is 836. The Balaban J connectivity index is 1.84. The summed E-state index contributed by atoms with van der Waals surface area (Å²) in [7, 11) is 0. The number of rotatable bonds is 9. The zero-order valence-electron chi connectivity index (χ0n) is 16.6. The minimum Gasteiger partial charge on any atom is -0.494 e. The van der Waals surface area contributed by atoms with Crippen LogP contribution in [0.5, 0.6) is 5.75 Å². The fourth-order valence-corrected chi connectivity index (χ4v) is 3.03. The van der Waals surface area contributed by atoms with Gasteiger partial charge in [-0.15, -0.1) is 0 Å². The lowest BCUT2D eigenvalue weighted by molar-refractivity contribution is -0.133. The Morgan fingerprint density at radius 2 is 1.75 bits per heavy atom. The van der Waals surface area contributed by atoms with Crippen molar-refractivity contribution in [3.8, 4) is 11.8 Å². The van der Waals surface area contributed by atoms with E-state index in [2.05, 4.69) is 6.07 Å². The van der Waals surface area contributed by atoms with Crippen molar-refractivity contribution in [1.82, 2.24) is 4.90 Å². The second-order valence-electron chi connectivity index (χ2n) is 6.62. The molecule has 28 heavy (non-hydrogen) atoms. The molecule has 0 aliphatic heterocycles. The molecule has 0 saturated carbocycles. The molecule has 146 valence electrons. The van der Waals surface area contributed by atoms with E-state index in [0.717, 1.165) is 5.56 Å². The largest absolute Gasteiger partial charge is 0.494 e. The third-order valence-corrected chi connectivity index (χ3v) is 4.72. The summed E-state index contributed by atoms with van der Waals surface area (Å²) in [5, 5.41) is 8.91. The number of nitriles is 1. The van der Waals surface area contributed by atoms with E-state index in [1.807, 2.05) is 30.9 Å². The zero-order valence-corrected chi connectivity index (χ0v) is 16.6. The van der Waals surface area contributed by atoms with E-state index in [0.29, 0.717) is 42.9 Å². The first-order valence-electron chi connectivity index (χ1n) is 9.49. The topological polar surface area (TPSA) is 70.4 Å². The average molecular weight is 378 g/mol. The lowest BCUT2D eigenvalue weighted by atomic mass is 10.0. The van der Waals surface area contributed by atoms with Crippen molar-refractivity contribution in [2.24, 2.45) is 0 Å². The standard InChI is InChI=1S/C23H26N2O3/c1-4-25(17(2)20-9-7-19(16-24)8-10-20)23(27)6-5-15-28-22-13-11-21(12-14-22)18(3)26/h7-14,17H,4-6,15H2,1-3H3. The van der Waals surface area contributed by atoms with E-state index in [1.54, 1.807) is 36.4 Å². The number of hydrogen-bond acceptors (Lipinski definition) is 4. The first-order valence-corrected chi connectivity index (χ1v) is 9.49. The van der Waals surface area contributed by atoms with Gasteiger partial charge in [0, 0.05) is 18.5 Å². The quantitative estimate of drug-likeness (QED) is 0.475. The van der Waals surface area contributed by atoms with Gasteiger partial charge >= 0.3 is 0 Å². The smallest absolute Gasteiger partial charge is 0.223 e. The number of nitrogens with zero attached hydrogens (tertiary/aromatic N) is 2. The summed E-state index contributed by atoms with van der Waals surface area (Å²) in [6, 6.07) is 16.4. The summed E-state index contributed by atoms with van der Waals surface area (Å²) in [4.78, 5) is 25.7. The van der Waals surface area contributed by atoms with Crippen LogP contribution in [0, 0.1) is 11.3 Å². The van der Waals surface area contributed by atoms with Gasteiger partial charge in [0.15, 0.2) is 5.78 Å². The number of benzene rings is 2. The molecule has 1 amide bonds. The molecule has 0 radical (unpaired) electrons. The summed E-state index contributed by atoms with van der Waals surface area (Å²) in [6.07, 6.45) is 1.02. The van der Waals surface area contributed by atoms with Gasteiger partial charge in [-0.05, 0) is 69.2 Å². The van der Waals surface area contributed by atoms with Crippen molar-refractivity contribution >= 4 is 11.7 Å². The van der Waals surface area contributed by atoms with Gasteiger partial charge in [0.2, 0.25) is 5.91 Å². The maximum Gasteiger partial charge on any atom is 0.223 e. The van der Waals surface area contributed by atoms with Crippen LogP contribution in [0.4, 0.5) is 0 Å². The Labute approximate surface area is 166 Å². The minimum absolute atomic E-state index is 0.0215. The van der Waals surface area contributed by atoms with Crippen molar-refractivity contribution in [3.05, 3.63) is 65.2 Å². The van der Waals surface area contributed by atoms with Crippen molar-refractivity contribution in [3.63, 3.8) is 0 Å². The minimum atomic E-state index is -0.0507. The van der Waals surface area contributed by atoms with E-state index < -0.39 is 0 Å². The van der Waals surface area contributed by atoms with E-state index in [1.165, 1.54) is 6.92 Å². The SMILES string of the molecule is CCN(C(=O)CCCOc1ccc(C(C)=O)cc1)C(C)c1ccc(C#N)cc1. The fourth-order valence-electron chi connectivity index (χ4n) is 3.03.